The minimum atomic E-state index is -3.33. The van der Waals surface area contributed by atoms with E-state index < -0.39 is 10.2 Å². The lowest BCUT2D eigenvalue weighted by Crippen LogP contribution is -2.54. The van der Waals surface area contributed by atoms with Crippen molar-refractivity contribution in [1.82, 2.24) is 18.8 Å². The lowest BCUT2D eigenvalue weighted by atomic mass is 10.2. The van der Waals surface area contributed by atoms with Gasteiger partial charge in [-0.2, -0.15) is 17.0 Å². The van der Waals surface area contributed by atoms with Crippen molar-refractivity contribution in [2.75, 3.05) is 52.9 Å². The highest BCUT2D eigenvalue weighted by atomic mass is 32.2. The molecule has 2 heterocycles. The Morgan fingerprint density at radius 2 is 1.43 bits per heavy atom. The molecule has 0 aromatic rings. The third kappa shape index (κ3) is 4.38. The van der Waals surface area contributed by atoms with E-state index >= 15 is 0 Å². The highest BCUT2D eigenvalue weighted by Crippen LogP contribution is 2.17. The van der Waals surface area contributed by atoms with Gasteiger partial charge >= 0.3 is 0 Å². The molecule has 8 heteroatoms. The molecule has 0 unspecified atom stereocenters. The Morgan fingerprint density at radius 1 is 0.905 bits per heavy atom. The Morgan fingerprint density at radius 3 is 1.95 bits per heavy atom. The normalized spacial score (nSPS) is 23.7. The van der Waals surface area contributed by atoms with Crippen LogP contribution in [0, 0.1) is 0 Å². The van der Waals surface area contributed by atoms with Crippen LogP contribution in [0.1, 0.15) is 25.7 Å². The lowest BCUT2D eigenvalue weighted by Gasteiger charge is -2.36. The summed E-state index contributed by atoms with van der Waals surface area (Å²) < 4.78 is 28.5. The smallest absolute Gasteiger partial charge is 0.282 e. The van der Waals surface area contributed by atoms with Gasteiger partial charge in [0.15, 0.2) is 0 Å². The first-order valence-corrected chi connectivity index (χ1v) is 9.12. The predicted octanol–water partition coefficient (Wildman–Crippen LogP) is -0.529. The van der Waals surface area contributed by atoms with Crippen molar-refractivity contribution in [3.05, 3.63) is 0 Å². The van der Waals surface area contributed by atoms with Gasteiger partial charge in [0.25, 0.3) is 10.2 Å². The molecule has 0 spiro atoms. The summed E-state index contributed by atoms with van der Waals surface area (Å²) in [5.41, 5.74) is 0. The number of rotatable bonds is 4. The lowest BCUT2D eigenvalue weighted by molar-refractivity contribution is -0.122. The second kappa shape index (κ2) is 7.53. The Labute approximate surface area is 127 Å². The van der Waals surface area contributed by atoms with Crippen LogP contribution in [0.25, 0.3) is 0 Å². The van der Waals surface area contributed by atoms with Gasteiger partial charge in [-0.05, 0) is 12.8 Å². The summed E-state index contributed by atoms with van der Waals surface area (Å²) in [5.74, 6) is -0.0289. The molecule has 21 heavy (non-hydrogen) atoms. The average molecular weight is 318 g/mol. The highest BCUT2D eigenvalue weighted by molar-refractivity contribution is 7.86. The quantitative estimate of drug-likeness (QED) is 0.756. The topological polar surface area (TPSA) is 73.0 Å². The van der Waals surface area contributed by atoms with E-state index in [1.54, 1.807) is 15.7 Å². The first-order chi connectivity index (χ1) is 10.0. The monoisotopic (exact) mass is 318 g/mol. The number of carbonyl (C=O) groups excluding carboxylic acids is 1. The van der Waals surface area contributed by atoms with Gasteiger partial charge < -0.3 is 5.32 Å². The molecule has 2 saturated heterocycles. The van der Waals surface area contributed by atoms with Crippen LogP contribution in [0.2, 0.25) is 0 Å². The molecule has 0 radical (unpaired) electrons. The van der Waals surface area contributed by atoms with Crippen molar-refractivity contribution < 1.29 is 13.2 Å². The van der Waals surface area contributed by atoms with Crippen LogP contribution < -0.4 is 5.32 Å². The Hall–Kier alpha value is -0.700. The van der Waals surface area contributed by atoms with E-state index in [1.165, 1.54) is 0 Å². The van der Waals surface area contributed by atoms with Gasteiger partial charge in [-0.1, -0.05) is 12.8 Å². The van der Waals surface area contributed by atoms with Crippen molar-refractivity contribution in [1.29, 1.82) is 0 Å². The van der Waals surface area contributed by atoms with E-state index in [-0.39, 0.29) is 5.91 Å². The number of hydrogen-bond acceptors (Lipinski definition) is 4. The zero-order chi connectivity index (χ0) is 15.3. The van der Waals surface area contributed by atoms with E-state index in [0.717, 1.165) is 25.7 Å². The standard InChI is InChI=1S/C13H26N4O3S/c1-14-13(18)12-15-8-10-17(11-9-15)21(19,20)16-6-4-2-3-5-7-16/h2-12H2,1H3,(H,14,18). The van der Waals surface area contributed by atoms with E-state index in [9.17, 15) is 13.2 Å². The molecule has 2 aliphatic rings. The Bertz CT molecular complexity index is 438. The molecule has 7 nitrogen and oxygen atoms in total. The number of nitrogens with zero attached hydrogens (tertiary/aromatic N) is 3. The van der Waals surface area contributed by atoms with Crippen LogP contribution in [-0.4, -0.2) is 80.7 Å². The van der Waals surface area contributed by atoms with Crippen LogP contribution in [-0.2, 0) is 15.0 Å². The molecule has 1 N–H and O–H groups in total. The first-order valence-electron chi connectivity index (χ1n) is 7.72. The summed E-state index contributed by atoms with van der Waals surface area (Å²) in [6.45, 7) is 3.78. The fourth-order valence-corrected chi connectivity index (χ4v) is 4.51. The average Bonchev–Trinajstić information content (AvgIpc) is 2.77. The SMILES string of the molecule is CNC(=O)CN1CCN(S(=O)(=O)N2CCCCCC2)CC1. The summed E-state index contributed by atoms with van der Waals surface area (Å²) in [7, 11) is -1.71. The summed E-state index contributed by atoms with van der Waals surface area (Å²) in [4.78, 5) is 13.3. The number of likely N-dealkylation sites (N-methyl/N-ethyl adjacent to an activating group) is 1. The second-order valence-corrected chi connectivity index (χ2v) is 7.60. The second-order valence-electron chi connectivity index (χ2n) is 5.67. The predicted molar refractivity (Wildman–Crippen MR) is 81.0 cm³/mol. The van der Waals surface area contributed by atoms with Gasteiger partial charge in [-0.25, -0.2) is 0 Å². The molecule has 0 saturated carbocycles. The molecule has 0 aliphatic carbocycles. The number of amides is 1. The molecule has 0 bridgehead atoms. The van der Waals surface area contributed by atoms with Crippen molar-refractivity contribution in [3.8, 4) is 0 Å². The molecule has 1 amide bonds. The summed E-state index contributed by atoms with van der Waals surface area (Å²) in [5, 5.41) is 2.59. The Balaban J connectivity index is 1.89. The molecule has 2 fully saturated rings. The number of carbonyl (C=O) groups is 1. The van der Waals surface area contributed by atoms with Gasteiger partial charge in [-0.3, -0.25) is 9.69 Å². The first kappa shape index (κ1) is 16.7. The molecule has 0 atom stereocenters. The maximum atomic E-state index is 12.6. The zero-order valence-corrected chi connectivity index (χ0v) is 13.6. The third-order valence-corrected chi connectivity index (χ3v) is 6.23. The molecule has 2 aliphatic heterocycles. The largest absolute Gasteiger partial charge is 0.358 e. The number of nitrogens with one attached hydrogen (secondary N) is 1. The van der Waals surface area contributed by atoms with Crippen molar-refractivity contribution in [3.63, 3.8) is 0 Å². The number of piperazine rings is 1. The van der Waals surface area contributed by atoms with Crippen LogP contribution >= 0.6 is 0 Å². The number of hydrogen-bond donors (Lipinski definition) is 1. The van der Waals surface area contributed by atoms with Gasteiger partial charge in [0.1, 0.15) is 0 Å². The molecule has 2 rings (SSSR count). The summed E-state index contributed by atoms with van der Waals surface area (Å²) >= 11 is 0. The van der Waals surface area contributed by atoms with E-state index in [0.29, 0.717) is 45.8 Å². The van der Waals surface area contributed by atoms with E-state index in [4.69, 9.17) is 0 Å². The van der Waals surface area contributed by atoms with Crippen LogP contribution in [0.5, 0.6) is 0 Å². The van der Waals surface area contributed by atoms with Crippen LogP contribution in [0.3, 0.4) is 0 Å². The van der Waals surface area contributed by atoms with Crippen LogP contribution in [0.15, 0.2) is 0 Å². The van der Waals surface area contributed by atoms with Crippen LogP contribution in [0.4, 0.5) is 0 Å². The minimum Gasteiger partial charge on any atom is -0.358 e. The van der Waals surface area contributed by atoms with Crippen molar-refractivity contribution in [2.45, 2.75) is 25.7 Å². The van der Waals surface area contributed by atoms with E-state index in [2.05, 4.69) is 5.32 Å². The molecule has 0 aromatic heterocycles. The fraction of sp³-hybridized carbons (Fsp3) is 0.923. The van der Waals surface area contributed by atoms with Gasteiger partial charge in [0.05, 0.1) is 6.54 Å². The fourth-order valence-electron chi connectivity index (χ4n) is 2.84. The zero-order valence-electron chi connectivity index (χ0n) is 12.8. The molecular weight excluding hydrogens is 292 g/mol. The summed E-state index contributed by atoms with van der Waals surface area (Å²) in [6, 6.07) is 0. The maximum Gasteiger partial charge on any atom is 0.282 e. The third-order valence-electron chi connectivity index (χ3n) is 4.19. The van der Waals surface area contributed by atoms with E-state index in [1.807, 2.05) is 4.90 Å². The minimum absolute atomic E-state index is 0.0289. The Kier molecular flexibility index (Phi) is 5.98. The molecular formula is C13H26N4O3S. The maximum absolute atomic E-state index is 12.6. The molecule has 122 valence electrons. The highest BCUT2D eigenvalue weighted by Gasteiger charge is 2.32. The van der Waals surface area contributed by atoms with Gasteiger partial charge in [-0.15, -0.1) is 0 Å². The van der Waals surface area contributed by atoms with Gasteiger partial charge in [0.2, 0.25) is 5.91 Å². The van der Waals surface area contributed by atoms with Gasteiger partial charge in [0, 0.05) is 46.3 Å². The van der Waals surface area contributed by atoms with Crippen molar-refractivity contribution >= 4 is 16.1 Å². The molecule has 0 aromatic carbocycles. The summed E-state index contributed by atoms with van der Waals surface area (Å²) in [6.07, 6.45) is 4.14. The van der Waals surface area contributed by atoms with Crippen molar-refractivity contribution in [2.24, 2.45) is 0 Å².